The first kappa shape index (κ1) is 6.35. The number of hydrogen-bond donors (Lipinski definition) is 0. The molecule has 2 nitrogen and oxygen atoms in total. The average Bonchev–Trinajstić information content (AvgIpc) is 2.72. The highest BCUT2D eigenvalue weighted by Gasteiger charge is 2.20. The molecule has 2 heteroatoms. The van der Waals surface area contributed by atoms with Gasteiger partial charge in [0.1, 0.15) is 0 Å². The Morgan fingerprint density at radius 2 is 2.33 bits per heavy atom. The van der Waals surface area contributed by atoms with Gasteiger partial charge >= 0.3 is 0 Å². The number of hydrogen-bond acceptors (Lipinski definition) is 1. The van der Waals surface area contributed by atoms with E-state index in [2.05, 4.69) is 17.7 Å². The van der Waals surface area contributed by atoms with Gasteiger partial charge < -0.3 is 8.98 Å². The van der Waals surface area contributed by atoms with Crippen molar-refractivity contribution in [3.8, 4) is 0 Å². The molecule has 12 heavy (non-hydrogen) atoms. The van der Waals surface area contributed by atoms with Crippen LogP contribution in [0.1, 0.15) is 17.7 Å². The highest BCUT2D eigenvalue weighted by atomic mass is 16.3. The lowest BCUT2D eigenvalue weighted by Gasteiger charge is -1.96. The molecular formula is C10H11NO. The maximum Gasteiger partial charge on any atom is 0.206 e. The standard InChI is InChI=1S/C10H11NO/c1-11-9-4-2-3-7(9)8-5-6-12-10(8)11/h5-6H,2-4H2,1H3. The summed E-state index contributed by atoms with van der Waals surface area (Å²) in [5.41, 5.74) is 4.03. The highest BCUT2D eigenvalue weighted by molar-refractivity contribution is 5.81. The van der Waals surface area contributed by atoms with Gasteiger partial charge in [-0.3, -0.25) is 0 Å². The van der Waals surface area contributed by atoms with Crippen molar-refractivity contribution in [1.82, 2.24) is 4.57 Å². The molecule has 0 aromatic carbocycles. The van der Waals surface area contributed by atoms with Crippen LogP contribution in [0, 0.1) is 0 Å². The molecule has 0 amide bonds. The number of rotatable bonds is 0. The normalized spacial score (nSPS) is 15.8. The van der Waals surface area contributed by atoms with E-state index in [9.17, 15) is 0 Å². The van der Waals surface area contributed by atoms with Crippen molar-refractivity contribution in [3.05, 3.63) is 23.6 Å². The van der Waals surface area contributed by atoms with E-state index >= 15 is 0 Å². The lowest BCUT2D eigenvalue weighted by atomic mass is 10.2. The van der Waals surface area contributed by atoms with E-state index in [1.165, 1.54) is 35.9 Å². The number of nitrogens with zero attached hydrogens (tertiary/aromatic N) is 1. The predicted molar refractivity (Wildman–Crippen MR) is 47.2 cm³/mol. The first-order valence-electron chi connectivity index (χ1n) is 4.41. The van der Waals surface area contributed by atoms with Crippen LogP contribution >= 0.6 is 0 Å². The summed E-state index contributed by atoms with van der Waals surface area (Å²) in [5.74, 6) is 0. The van der Waals surface area contributed by atoms with Gasteiger partial charge in [-0.2, -0.15) is 0 Å². The summed E-state index contributed by atoms with van der Waals surface area (Å²) in [5, 5.41) is 1.32. The van der Waals surface area contributed by atoms with Gasteiger partial charge in [0.15, 0.2) is 0 Å². The van der Waals surface area contributed by atoms with Gasteiger partial charge in [-0.05, 0) is 30.9 Å². The van der Waals surface area contributed by atoms with Crippen molar-refractivity contribution >= 4 is 11.1 Å². The topological polar surface area (TPSA) is 18.1 Å². The Balaban J connectivity index is 2.50. The fourth-order valence-corrected chi connectivity index (χ4v) is 2.30. The zero-order chi connectivity index (χ0) is 8.13. The van der Waals surface area contributed by atoms with E-state index in [0.29, 0.717) is 0 Å². The quantitative estimate of drug-likeness (QED) is 0.579. The Morgan fingerprint density at radius 1 is 1.42 bits per heavy atom. The van der Waals surface area contributed by atoms with Crippen LogP contribution in [0.5, 0.6) is 0 Å². The smallest absolute Gasteiger partial charge is 0.206 e. The molecule has 3 rings (SSSR count). The molecule has 0 saturated carbocycles. The van der Waals surface area contributed by atoms with Crippen LogP contribution < -0.4 is 0 Å². The molecule has 2 aromatic heterocycles. The lowest BCUT2D eigenvalue weighted by Crippen LogP contribution is -1.92. The monoisotopic (exact) mass is 161 g/mol. The second-order valence-corrected chi connectivity index (χ2v) is 3.48. The van der Waals surface area contributed by atoms with Gasteiger partial charge in [-0.1, -0.05) is 0 Å². The van der Waals surface area contributed by atoms with Crippen molar-refractivity contribution in [2.45, 2.75) is 19.3 Å². The zero-order valence-electron chi connectivity index (χ0n) is 7.13. The second kappa shape index (κ2) is 1.94. The molecule has 1 aliphatic rings. The maximum atomic E-state index is 5.41. The third-order valence-electron chi connectivity index (χ3n) is 2.87. The van der Waals surface area contributed by atoms with Crippen LogP contribution in [0.15, 0.2) is 16.7 Å². The van der Waals surface area contributed by atoms with Crippen LogP contribution in [-0.4, -0.2) is 4.57 Å². The van der Waals surface area contributed by atoms with Crippen LogP contribution in [-0.2, 0) is 19.9 Å². The van der Waals surface area contributed by atoms with Crippen molar-refractivity contribution in [3.63, 3.8) is 0 Å². The Labute approximate surface area is 70.8 Å². The summed E-state index contributed by atoms with van der Waals surface area (Å²) in [4.78, 5) is 0. The van der Waals surface area contributed by atoms with Gasteiger partial charge in [0.05, 0.1) is 6.26 Å². The van der Waals surface area contributed by atoms with E-state index in [1.807, 2.05) is 0 Å². The lowest BCUT2D eigenvalue weighted by molar-refractivity contribution is 0.579. The van der Waals surface area contributed by atoms with E-state index < -0.39 is 0 Å². The van der Waals surface area contributed by atoms with E-state index in [4.69, 9.17) is 4.42 Å². The molecule has 0 saturated heterocycles. The summed E-state index contributed by atoms with van der Waals surface area (Å²) in [6.45, 7) is 0. The largest absolute Gasteiger partial charge is 0.448 e. The van der Waals surface area contributed by atoms with E-state index in [1.54, 1.807) is 6.26 Å². The number of furan rings is 1. The van der Waals surface area contributed by atoms with Gasteiger partial charge in [0, 0.05) is 18.1 Å². The molecule has 2 heterocycles. The minimum atomic E-state index is 1.04. The third-order valence-corrected chi connectivity index (χ3v) is 2.87. The molecule has 0 fully saturated rings. The molecule has 1 aliphatic carbocycles. The SMILES string of the molecule is Cn1c2c(c3ccoc31)CCC2. The molecule has 0 atom stereocenters. The van der Waals surface area contributed by atoms with Gasteiger partial charge in [-0.25, -0.2) is 0 Å². The molecule has 62 valence electrons. The van der Waals surface area contributed by atoms with Gasteiger partial charge in [0.2, 0.25) is 5.71 Å². The molecule has 0 radical (unpaired) electrons. The fraction of sp³-hybridized carbons (Fsp3) is 0.400. The van der Waals surface area contributed by atoms with Crippen molar-refractivity contribution < 1.29 is 4.42 Å². The number of aromatic nitrogens is 1. The number of aryl methyl sites for hydroxylation is 2. The van der Waals surface area contributed by atoms with Crippen molar-refractivity contribution in [2.24, 2.45) is 7.05 Å². The Kier molecular flexibility index (Phi) is 1.03. The van der Waals surface area contributed by atoms with E-state index in [-0.39, 0.29) is 0 Å². The minimum absolute atomic E-state index is 1.04. The van der Waals surface area contributed by atoms with Crippen molar-refractivity contribution in [1.29, 1.82) is 0 Å². The molecule has 0 aliphatic heterocycles. The first-order chi connectivity index (χ1) is 5.88. The Hall–Kier alpha value is -1.18. The second-order valence-electron chi connectivity index (χ2n) is 3.48. The summed E-state index contributed by atoms with van der Waals surface area (Å²) < 4.78 is 7.60. The van der Waals surface area contributed by atoms with Gasteiger partial charge in [-0.15, -0.1) is 0 Å². The van der Waals surface area contributed by atoms with Crippen LogP contribution in [0.2, 0.25) is 0 Å². The molecule has 0 N–H and O–H groups in total. The van der Waals surface area contributed by atoms with Crippen molar-refractivity contribution in [2.75, 3.05) is 0 Å². The summed E-state index contributed by atoms with van der Waals surface area (Å²) in [6.07, 6.45) is 5.53. The Morgan fingerprint density at radius 3 is 3.25 bits per heavy atom. The van der Waals surface area contributed by atoms with Gasteiger partial charge in [0.25, 0.3) is 0 Å². The summed E-state index contributed by atoms with van der Waals surface area (Å²) in [7, 11) is 2.09. The fourth-order valence-electron chi connectivity index (χ4n) is 2.30. The molecule has 0 spiro atoms. The zero-order valence-corrected chi connectivity index (χ0v) is 7.13. The average molecular weight is 161 g/mol. The first-order valence-corrected chi connectivity index (χ1v) is 4.41. The third kappa shape index (κ3) is 0.568. The van der Waals surface area contributed by atoms with E-state index in [0.717, 1.165) is 5.71 Å². The Bertz CT molecular complexity index is 436. The van der Waals surface area contributed by atoms with Crippen LogP contribution in [0.3, 0.4) is 0 Å². The molecular weight excluding hydrogens is 150 g/mol. The molecule has 2 aromatic rings. The predicted octanol–water partition coefficient (Wildman–Crippen LogP) is 2.26. The summed E-state index contributed by atoms with van der Waals surface area (Å²) in [6, 6.07) is 2.08. The summed E-state index contributed by atoms with van der Waals surface area (Å²) >= 11 is 0. The molecule has 0 unspecified atom stereocenters. The molecule has 0 bridgehead atoms. The maximum absolute atomic E-state index is 5.41. The minimum Gasteiger partial charge on any atom is -0.448 e. The number of fused-ring (bicyclic) bond motifs is 3. The van der Waals surface area contributed by atoms with Crippen LogP contribution in [0.25, 0.3) is 11.1 Å². The highest BCUT2D eigenvalue weighted by Crippen LogP contribution is 2.32. The van der Waals surface area contributed by atoms with Crippen LogP contribution in [0.4, 0.5) is 0 Å².